The van der Waals surface area contributed by atoms with Crippen molar-refractivity contribution in [2.45, 2.75) is 31.0 Å². The summed E-state index contributed by atoms with van der Waals surface area (Å²) >= 11 is 0. The summed E-state index contributed by atoms with van der Waals surface area (Å²) in [5, 5.41) is 30.9. The van der Waals surface area contributed by atoms with Gasteiger partial charge in [0.25, 0.3) is 0 Å². The number of phenolic OH excluding ortho intramolecular Hbond substituents is 1. The van der Waals surface area contributed by atoms with Crippen molar-refractivity contribution in [1.82, 2.24) is 4.90 Å². The van der Waals surface area contributed by atoms with Gasteiger partial charge in [-0.2, -0.15) is 0 Å². The van der Waals surface area contributed by atoms with Crippen LogP contribution in [-0.2, 0) is 6.42 Å². The topological polar surface area (TPSA) is 63.9 Å². The molecule has 3 atom stereocenters. The lowest BCUT2D eigenvalue weighted by Crippen LogP contribution is -2.33. The lowest BCUT2D eigenvalue weighted by molar-refractivity contribution is 0.0328. The molecule has 1 aliphatic carbocycles. The minimum atomic E-state index is -0.585. The van der Waals surface area contributed by atoms with E-state index in [1.807, 2.05) is 18.2 Å². The maximum absolute atomic E-state index is 11.0. The van der Waals surface area contributed by atoms with Crippen molar-refractivity contribution in [2.24, 2.45) is 11.8 Å². The lowest BCUT2D eigenvalue weighted by atomic mass is 9.91. The van der Waals surface area contributed by atoms with Gasteiger partial charge in [0.1, 0.15) is 5.75 Å². The van der Waals surface area contributed by atoms with E-state index in [0.29, 0.717) is 18.4 Å². The number of aliphatic hydroxyl groups excluding tert-OH is 1. The van der Waals surface area contributed by atoms with Crippen molar-refractivity contribution in [3.63, 3.8) is 0 Å². The van der Waals surface area contributed by atoms with E-state index in [1.165, 1.54) is 5.56 Å². The van der Waals surface area contributed by atoms with Crippen LogP contribution in [0, 0.1) is 11.8 Å². The van der Waals surface area contributed by atoms with E-state index >= 15 is 0 Å². The van der Waals surface area contributed by atoms with Gasteiger partial charge in [0.15, 0.2) is 0 Å². The molecular weight excluding hydrogens is 326 g/mol. The Morgan fingerprint density at radius 2 is 1.58 bits per heavy atom. The van der Waals surface area contributed by atoms with Crippen molar-refractivity contribution in [2.75, 3.05) is 19.6 Å². The Bertz CT molecular complexity index is 717. The Balaban J connectivity index is 1.32. The summed E-state index contributed by atoms with van der Waals surface area (Å²) < 4.78 is 0. The average Bonchev–Trinajstić information content (AvgIpc) is 3.10. The number of fused-ring (bicyclic) bond motifs is 1. The molecule has 4 heteroatoms. The van der Waals surface area contributed by atoms with Crippen LogP contribution in [0.15, 0.2) is 54.6 Å². The standard InChI is InChI=1S/C22H27NO3/c24-20-8-6-17(7-9-20)21(25)15-23-13-18-11-22(26,12-19(18)14-23)10-16-4-2-1-3-5-16/h1-9,18-19,21,24-26H,10-15H2/t18?,19?,21-,22?/m0/s1. The Kier molecular flexibility index (Phi) is 4.74. The molecule has 138 valence electrons. The van der Waals surface area contributed by atoms with Crippen LogP contribution in [0.2, 0.25) is 0 Å². The average molecular weight is 353 g/mol. The number of rotatable bonds is 5. The summed E-state index contributed by atoms with van der Waals surface area (Å²) in [6.07, 6.45) is 1.88. The van der Waals surface area contributed by atoms with Gasteiger partial charge in [-0.15, -0.1) is 0 Å². The molecule has 2 fully saturated rings. The minimum Gasteiger partial charge on any atom is -0.508 e. The van der Waals surface area contributed by atoms with Crippen LogP contribution in [0.4, 0.5) is 0 Å². The molecule has 2 aromatic carbocycles. The Hall–Kier alpha value is -1.88. The predicted octanol–water partition coefficient (Wildman–Crippen LogP) is 2.74. The molecule has 0 bridgehead atoms. The molecule has 0 radical (unpaired) electrons. The van der Waals surface area contributed by atoms with Crippen molar-refractivity contribution in [3.05, 3.63) is 65.7 Å². The van der Waals surface area contributed by atoms with Gasteiger partial charge in [0.2, 0.25) is 0 Å². The number of phenols is 1. The molecule has 1 heterocycles. The van der Waals surface area contributed by atoms with E-state index in [9.17, 15) is 15.3 Å². The number of benzene rings is 2. The third-order valence-electron chi connectivity index (χ3n) is 6.02. The van der Waals surface area contributed by atoms with Gasteiger partial charge >= 0.3 is 0 Å². The Morgan fingerprint density at radius 3 is 2.19 bits per heavy atom. The largest absolute Gasteiger partial charge is 0.508 e. The second-order valence-electron chi connectivity index (χ2n) is 8.14. The molecule has 0 spiro atoms. The molecule has 2 aliphatic rings. The highest BCUT2D eigenvalue weighted by Gasteiger charge is 2.48. The van der Waals surface area contributed by atoms with E-state index in [0.717, 1.165) is 37.9 Å². The van der Waals surface area contributed by atoms with Gasteiger partial charge in [-0.05, 0) is 47.9 Å². The molecule has 2 unspecified atom stereocenters. The third-order valence-corrected chi connectivity index (χ3v) is 6.02. The SMILES string of the molecule is Oc1ccc([C@@H](O)CN2CC3CC(O)(Cc4ccccc4)CC3C2)cc1. The van der Waals surface area contributed by atoms with Crippen LogP contribution in [0.5, 0.6) is 5.75 Å². The number of aliphatic hydroxyl groups is 2. The highest BCUT2D eigenvalue weighted by atomic mass is 16.3. The lowest BCUT2D eigenvalue weighted by Gasteiger charge is -2.27. The summed E-state index contributed by atoms with van der Waals surface area (Å²) in [6, 6.07) is 17.0. The predicted molar refractivity (Wildman–Crippen MR) is 101 cm³/mol. The number of β-amino-alcohol motifs (C(OH)–C–C–N with tert-alkyl or cyclic N) is 1. The highest BCUT2D eigenvalue weighted by Crippen LogP contribution is 2.45. The summed E-state index contributed by atoms with van der Waals surface area (Å²) in [7, 11) is 0. The number of nitrogens with zero attached hydrogens (tertiary/aromatic N) is 1. The van der Waals surface area contributed by atoms with Crippen LogP contribution < -0.4 is 0 Å². The van der Waals surface area contributed by atoms with Gasteiger partial charge in [0, 0.05) is 26.1 Å². The zero-order chi connectivity index (χ0) is 18.1. The van der Waals surface area contributed by atoms with E-state index in [2.05, 4.69) is 17.0 Å². The number of likely N-dealkylation sites (tertiary alicyclic amines) is 1. The summed E-state index contributed by atoms with van der Waals surface area (Å²) in [6.45, 7) is 2.49. The van der Waals surface area contributed by atoms with Crippen molar-refractivity contribution >= 4 is 0 Å². The molecule has 26 heavy (non-hydrogen) atoms. The van der Waals surface area contributed by atoms with Gasteiger partial charge < -0.3 is 15.3 Å². The third kappa shape index (κ3) is 3.78. The van der Waals surface area contributed by atoms with E-state index in [-0.39, 0.29) is 5.75 Å². The van der Waals surface area contributed by atoms with Crippen LogP contribution >= 0.6 is 0 Å². The molecule has 0 aromatic heterocycles. The first-order chi connectivity index (χ1) is 12.5. The van der Waals surface area contributed by atoms with Crippen molar-refractivity contribution < 1.29 is 15.3 Å². The van der Waals surface area contributed by atoms with Gasteiger partial charge in [-0.1, -0.05) is 42.5 Å². The number of aromatic hydroxyl groups is 1. The first-order valence-corrected chi connectivity index (χ1v) is 9.46. The Morgan fingerprint density at radius 1 is 0.962 bits per heavy atom. The number of hydrogen-bond donors (Lipinski definition) is 3. The van der Waals surface area contributed by atoms with Crippen molar-refractivity contribution in [3.8, 4) is 5.75 Å². The number of hydrogen-bond acceptors (Lipinski definition) is 4. The zero-order valence-electron chi connectivity index (χ0n) is 15.0. The summed E-state index contributed by atoms with van der Waals surface area (Å²) in [4.78, 5) is 2.31. The molecule has 2 aromatic rings. The molecular formula is C22H27NO3. The summed E-state index contributed by atoms with van der Waals surface area (Å²) in [5.41, 5.74) is 1.45. The van der Waals surface area contributed by atoms with Crippen molar-refractivity contribution in [1.29, 1.82) is 0 Å². The molecule has 1 saturated carbocycles. The van der Waals surface area contributed by atoms with Gasteiger partial charge in [0.05, 0.1) is 11.7 Å². The van der Waals surface area contributed by atoms with Crippen LogP contribution in [0.3, 0.4) is 0 Å². The molecule has 4 rings (SSSR count). The van der Waals surface area contributed by atoms with E-state index in [1.54, 1.807) is 24.3 Å². The van der Waals surface area contributed by atoms with Crippen LogP contribution in [0.1, 0.15) is 30.1 Å². The quantitative estimate of drug-likeness (QED) is 0.773. The molecule has 0 amide bonds. The van der Waals surface area contributed by atoms with E-state index < -0.39 is 11.7 Å². The smallest absolute Gasteiger partial charge is 0.115 e. The van der Waals surface area contributed by atoms with Gasteiger partial charge in [-0.25, -0.2) is 0 Å². The Labute approximate surface area is 154 Å². The first-order valence-electron chi connectivity index (χ1n) is 9.46. The zero-order valence-corrected chi connectivity index (χ0v) is 15.0. The second kappa shape index (κ2) is 7.03. The fourth-order valence-electron chi connectivity index (χ4n) is 4.87. The first kappa shape index (κ1) is 17.5. The second-order valence-corrected chi connectivity index (χ2v) is 8.14. The monoisotopic (exact) mass is 353 g/mol. The summed E-state index contributed by atoms with van der Waals surface area (Å²) in [5.74, 6) is 1.24. The molecule has 1 saturated heterocycles. The maximum atomic E-state index is 11.0. The maximum Gasteiger partial charge on any atom is 0.115 e. The fourth-order valence-corrected chi connectivity index (χ4v) is 4.87. The molecule has 4 nitrogen and oxygen atoms in total. The molecule has 1 aliphatic heterocycles. The highest BCUT2D eigenvalue weighted by molar-refractivity contribution is 5.27. The fraction of sp³-hybridized carbons (Fsp3) is 0.455. The van der Waals surface area contributed by atoms with Crippen LogP contribution in [0.25, 0.3) is 0 Å². The molecule has 3 N–H and O–H groups in total. The normalized spacial score (nSPS) is 29.6. The minimum absolute atomic E-state index is 0.217. The van der Waals surface area contributed by atoms with Gasteiger partial charge in [-0.3, -0.25) is 4.90 Å². The van der Waals surface area contributed by atoms with E-state index in [4.69, 9.17) is 0 Å². The van der Waals surface area contributed by atoms with Crippen LogP contribution in [-0.4, -0.2) is 45.5 Å².